The van der Waals surface area contributed by atoms with Crippen LogP contribution in [0.1, 0.15) is 27.0 Å². The molecule has 0 bridgehead atoms. The molecule has 2 rings (SSSR count). The van der Waals surface area contributed by atoms with Crippen LogP contribution in [0.4, 0.5) is 10.1 Å². The van der Waals surface area contributed by atoms with Crippen LogP contribution >= 0.6 is 15.9 Å². The molecule has 0 aliphatic carbocycles. The average Bonchev–Trinajstić information content (AvgIpc) is 2.36. The molecule has 0 aromatic heterocycles. The van der Waals surface area contributed by atoms with Crippen molar-refractivity contribution in [2.24, 2.45) is 0 Å². The Morgan fingerprint density at radius 1 is 1.05 bits per heavy atom. The summed E-state index contributed by atoms with van der Waals surface area (Å²) in [6.45, 7) is 5.51. The van der Waals surface area contributed by atoms with E-state index < -0.39 is 0 Å². The highest BCUT2D eigenvalue weighted by molar-refractivity contribution is 9.10. The van der Waals surface area contributed by atoms with Gasteiger partial charge in [-0.2, -0.15) is 0 Å². The zero-order valence-electron chi connectivity index (χ0n) is 11.6. The van der Waals surface area contributed by atoms with Gasteiger partial charge in [-0.1, -0.05) is 15.9 Å². The van der Waals surface area contributed by atoms with Gasteiger partial charge in [0.1, 0.15) is 5.82 Å². The molecule has 0 radical (unpaired) electrons. The molecule has 2 nitrogen and oxygen atoms in total. The number of anilines is 1. The van der Waals surface area contributed by atoms with Crippen molar-refractivity contribution >= 4 is 27.5 Å². The lowest BCUT2D eigenvalue weighted by Gasteiger charge is -2.12. The minimum Gasteiger partial charge on any atom is -0.322 e. The van der Waals surface area contributed by atoms with E-state index in [4.69, 9.17) is 0 Å². The van der Waals surface area contributed by atoms with E-state index in [1.54, 1.807) is 13.0 Å². The first-order valence-corrected chi connectivity index (χ1v) is 7.02. The minimum absolute atomic E-state index is 0.235. The maximum Gasteiger partial charge on any atom is 0.255 e. The average molecular weight is 336 g/mol. The molecule has 0 aliphatic rings. The molecular formula is C16H15BrFNO. The summed E-state index contributed by atoms with van der Waals surface area (Å²) in [6, 6.07) is 8.23. The molecule has 4 heteroatoms. The third-order valence-corrected chi connectivity index (χ3v) is 3.61. The van der Waals surface area contributed by atoms with E-state index in [9.17, 15) is 9.18 Å². The Kier molecular flexibility index (Phi) is 4.23. The van der Waals surface area contributed by atoms with Crippen LogP contribution in [0.15, 0.2) is 34.8 Å². The quantitative estimate of drug-likeness (QED) is 0.841. The number of hydrogen-bond donors (Lipinski definition) is 1. The van der Waals surface area contributed by atoms with Gasteiger partial charge in [0.25, 0.3) is 5.91 Å². The van der Waals surface area contributed by atoms with Crippen molar-refractivity contribution in [3.63, 3.8) is 0 Å². The second kappa shape index (κ2) is 5.75. The summed E-state index contributed by atoms with van der Waals surface area (Å²) in [5.74, 6) is -0.542. The van der Waals surface area contributed by atoms with Crippen molar-refractivity contribution in [2.45, 2.75) is 20.8 Å². The van der Waals surface area contributed by atoms with Crippen LogP contribution in [0.3, 0.4) is 0 Å². The third kappa shape index (κ3) is 3.07. The van der Waals surface area contributed by atoms with Crippen molar-refractivity contribution in [2.75, 3.05) is 5.32 Å². The Hall–Kier alpha value is -1.68. The summed E-state index contributed by atoms with van der Waals surface area (Å²) in [6.07, 6.45) is 0. The van der Waals surface area contributed by atoms with Gasteiger partial charge in [0.05, 0.1) is 0 Å². The predicted octanol–water partition coefficient (Wildman–Crippen LogP) is 4.77. The molecule has 0 aliphatic heterocycles. The summed E-state index contributed by atoms with van der Waals surface area (Å²) < 4.78 is 14.2. The standard InChI is InChI=1S/C16H15BrFNO/c1-9-6-12(4-5-14(9)18)16(20)19-15-10(2)7-13(17)8-11(15)3/h4-8H,1-3H3,(H,19,20). The van der Waals surface area contributed by atoms with Crippen LogP contribution in [0.5, 0.6) is 0 Å². The van der Waals surface area contributed by atoms with E-state index >= 15 is 0 Å². The van der Waals surface area contributed by atoms with E-state index in [-0.39, 0.29) is 11.7 Å². The Balaban J connectivity index is 2.30. The van der Waals surface area contributed by atoms with Crippen molar-refractivity contribution in [1.29, 1.82) is 0 Å². The van der Waals surface area contributed by atoms with Gasteiger partial charge in [-0.05, 0) is 67.8 Å². The number of halogens is 2. The molecule has 104 valence electrons. The number of rotatable bonds is 2. The summed E-state index contributed by atoms with van der Waals surface area (Å²) in [7, 11) is 0. The molecule has 20 heavy (non-hydrogen) atoms. The largest absolute Gasteiger partial charge is 0.322 e. The number of benzene rings is 2. The number of amides is 1. The molecular weight excluding hydrogens is 321 g/mol. The maximum atomic E-state index is 13.2. The molecule has 0 saturated carbocycles. The first-order chi connectivity index (χ1) is 9.38. The van der Waals surface area contributed by atoms with Crippen molar-refractivity contribution in [3.8, 4) is 0 Å². The molecule has 2 aromatic carbocycles. The lowest BCUT2D eigenvalue weighted by atomic mass is 10.1. The van der Waals surface area contributed by atoms with Gasteiger partial charge in [0.2, 0.25) is 0 Å². The first-order valence-electron chi connectivity index (χ1n) is 6.22. The molecule has 0 saturated heterocycles. The second-order valence-corrected chi connectivity index (χ2v) is 5.75. The topological polar surface area (TPSA) is 29.1 Å². The van der Waals surface area contributed by atoms with Gasteiger partial charge in [-0.3, -0.25) is 4.79 Å². The monoisotopic (exact) mass is 335 g/mol. The fourth-order valence-electron chi connectivity index (χ4n) is 2.08. The zero-order chi connectivity index (χ0) is 14.9. The predicted molar refractivity (Wildman–Crippen MR) is 82.7 cm³/mol. The molecule has 0 unspecified atom stereocenters. The van der Waals surface area contributed by atoms with Crippen LogP contribution in [0, 0.1) is 26.6 Å². The Morgan fingerprint density at radius 3 is 2.20 bits per heavy atom. The van der Waals surface area contributed by atoms with E-state index in [0.29, 0.717) is 11.1 Å². The minimum atomic E-state index is -0.308. The first kappa shape index (κ1) is 14.7. The molecule has 0 atom stereocenters. The fraction of sp³-hybridized carbons (Fsp3) is 0.188. The number of carbonyl (C=O) groups excluding carboxylic acids is 1. The van der Waals surface area contributed by atoms with E-state index in [0.717, 1.165) is 21.3 Å². The Labute approximate surface area is 126 Å². The smallest absolute Gasteiger partial charge is 0.255 e. The number of hydrogen-bond acceptors (Lipinski definition) is 1. The van der Waals surface area contributed by atoms with Crippen LogP contribution in [0.25, 0.3) is 0 Å². The molecule has 0 fully saturated rings. The SMILES string of the molecule is Cc1cc(C(=O)Nc2c(C)cc(Br)cc2C)ccc1F. The van der Waals surface area contributed by atoms with Gasteiger partial charge in [0.15, 0.2) is 0 Å². The molecule has 1 amide bonds. The summed E-state index contributed by atoms with van der Waals surface area (Å²) in [5, 5.41) is 2.89. The highest BCUT2D eigenvalue weighted by Crippen LogP contribution is 2.25. The van der Waals surface area contributed by atoms with Crippen LogP contribution in [-0.2, 0) is 0 Å². The summed E-state index contributed by atoms with van der Waals surface area (Å²) >= 11 is 3.42. The number of carbonyl (C=O) groups is 1. The molecule has 0 heterocycles. The highest BCUT2D eigenvalue weighted by atomic mass is 79.9. The number of nitrogens with one attached hydrogen (secondary N) is 1. The fourth-order valence-corrected chi connectivity index (χ4v) is 2.77. The number of aryl methyl sites for hydroxylation is 3. The van der Waals surface area contributed by atoms with Gasteiger partial charge in [-0.15, -0.1) is 0 Å². The maximum absolute atomic E-state index is 13.2. The highest BCUT2D eigenvalue weighted by Gasteiger charge is 2.11. The summed E-state index contributed by atoms with van der Waals surface area (Å²) in [4.78, 5) is 12.2. The third-order valence-electron chi connectivity index (χ3n) is 3.16. The van der Waals surface area contributed by atoms with Crippen molar-refractivity contribution < 1.29 is 9.18 Å². The second-order valence-electron chi connectivity index (χ2n) is 4.83. The Bertz CT molecular complexity index is 659. The van der Waals surface area contributed by atoms with E-state index in [1.165, 1.54) is 12.1 Å². The van der Waals surface area contributed by atoms with E-state index in [2.05, 4.69) is 21.2 Å². The lowest BCUT2D eigenvalue weighted by molar-refractivity contribution is 0.102. The van der Waals surface area contributed by atoms with Gasteiger partial charge in [-0.25, -0.2) is 4.39 Å². The Morgan fingerprint density at radius 2 is 1.65 bits per heavy atom. The molecule has 2 aromatic rings. The lowest BCUT2D eigenvalue weighted by Crippen LogP contribution is -2.14. The van der Waals surface area contributed by atoms with Crippen molar-refractivity contribution in [3.05, 3.63) is 62.9 Å². The van der Waals surface area contributed by atoms with Crippen molar-refractivity contribution in [1.82, 2.24) is 0 Å². The van der Waals surface area contributed by atoms with Gasteiger partial charge >= 0.3 is 0 Å². The van der Waals surface area contributed by atoms with Gasteiger partial charge in [0, 0.05) is 15.7 Å². The summed E-state index contributed by atoms with van der Waals surface area (Å²) in [5.41, 5.74) is 3.65. The van der Waals surface area contributed by atoms with Gasteiger partial charge < -0.3 is 5.32 Å². The van der Waals surface area contributed by atoms with E-state index in [1.807, 2.05) is 26.0 Å². The van der Waals surface area contributed by atoms with Crippen LogP contribution < -0.4 is 5.32 Å². The van der Waals surface area contributed by atoms with Crippen LogP contribution in [0.2, 0.25) is 0 Å². The van der Waals surface area contributed by atoms with Crippen LogP contribution in [-0.4, -0.2) is 5.91 Å². The normalized spacial score (nSPS) is 10.4. The molecule has 0 spiro atoms. The zero-order valence-corrected chi connectivity index (χ0v) is 13.1. The molecule has 1 N–H and O–H groups in total.